The topological polar surface area (TPSA) is 47.0 Å². The molecule has 2 atom stereocenters. The standard InChI is InChI=1S/C16H33N3O2/c1-13(2)14(3)10-16(21)18(5)11-15(20)12-19-8-6-17(4)7-9-19/h13-15,20H,6-12H2,1-5H3. The van der Waals surface area contributed by atoms with Crippen LogP contribution < -0.4 is 0 Å². The lowest BCUT2D eigenvalue weighted by Gasteiger charge is -2.34. The van der Waals surface area contributed by atoms with Crippen LogP contribution in [-0.4, -0.2) is 85.2 Å². The minimum atomic E-state index is -0.461. The fraction of sp³-hybridized carbons (Fsp3) is 0.938. The number of aliphatic hydroxyl groups is 1. The number of piperazine rings is 1. The van der Waals surface area contributed by atoms with Crippen LogP contribution in [-0.2, 0) is 4.79 Å². The Kier molecular flexibility index (Phi) is 7.63. The van der Waals surface area contributed by atoms with Crippen LogP contribution in [0.25, 0.3) is 0 Å². The van der Waals surface area contributed by atoms with Crippen LogP contribution in [0.3, 0.4) is 0 Å². The first-order chi connectivity index (χ1) is 9.79. The van der Waals surface area contributed by atoms with Crippen molar-refractivity contribution in [2.75, 3.05) is 53.4 Å². The molecule has 5 heteroatoms. The van der Waals surface area contributed by atoms with Crippen LogP contribution in [0.1, 0.15) is 27.2 Å². The third kappa shape index (κ3) is 6.76. The van der Waals surface area contributed by atoms with E-state index in [2.05, 4.69) is 37.6 Å². The molecule has 0 aromatic heterocycles. The minimum Gasteiger partial charge on any atom is -0.390 e. The third-order valence-corrected chi connectivity index (χ3v) is 4.61. The SMILES string of the molecule is CC(C)C(C)CC(=O)N(C)CC(O)CN1CCN(C)CC1. The van der Waals surface area contributed by atoms with Gasteiger partial charge in [-0.2, -0.15) is 0 Å². The molecule has 1 saturated heterocycles. The van der Waals surface area contributed by atoms with Gasteiger partial charge in [-0.3, -0.25) is 9.69 Å². The molecule has 1 amide bonds. The van der Waals surface area contributed by atoms with Crippen molar-refractivity contribution in [1.29, 1.82) is 0 Å². The smallest absolute Gasteiger partial charge is 0.222 e. The van der Waals surface area contributed by atoms with Crippen molar-refractivity contribution in [2.24, 2.45) is 11.8 Å². The lowest BCUT2D eigenvalue weighted by Crippen LogP contribution is -2.49. The molecule has 124 valence electrons. The second kappa shape index (κ2) is 8.71. The van der Waals surface area contributed by atoms with E-state index < -0.39 is 6.10 Å². The molecule has 1 aliphatic heterocycles. The second-order valence-corrected chi connectivity index (χ2v) is 6.96. The van der Waals surface area contributed by atoms with Crippen molar-refractivity contribution in [3.05, 3.63) is 0 Å². The summed E-state index contributed by atoms with van der Waals surface area (Å²) in [6.07, 6.45) is 0.103. The predicted octanol–water partition coefficient (Wildman–Crippen LogP) is 0.735. The Morgan fingerprint density at radius 1 is 1.19 bits per heavy atom. The van der Waals surface area contributed by atoms with Gasteiger partial charge >= 0.3 is 0 Å². The third-order valence-electron chi connectivity index (χ3n) is 4.61. The molecule has 0 spiro atoms. The first-order valence-electron chi connectivity index (χ1n) is 8.12. The molecule has 2 unspecified atom stereocenters. The van der Waals surface area contributed by atoms with E-state index in [0.717, 1.165) is 26.2 Å². The van der Waals surface area contributed by atoms with Crippen molar-refractivity contribution >= 4 is 5.91 Å². The molecule has 1 fully saturated rings. The molecule has 0 bridgehead atoms. The number of hydrogen-bond donors (Lipinski definition) is 1. The first-order valence-corrected chi connectivity index (χ1v) is 8.12. The number of carbonyl (C=O) groups is 1. The van der Waals surface area contributed by atoms with Crippen molar-refractivity contribution < 1.29 is 9.90 Å². The number of rotatable bonds is 7. The quantitative estimate of drug-likeness (QED) is 0.753. The molecular weight excluding hydrogens is 266 g/mol. The summed E-state index contributed by atoms with van der Waals surface area (Å²) < 4.78 is 0. The maximum Gasteiger partial charge on any atom is 0.222 e. The summed E-state index contributed by atoms with van der Waals surface area (Å²) in [7, 11) is 3.92. The molecule has 5 nitrogen and oxygen atoms in total. The van der Waals surface area contributed by atoms with E-state index >= 15 is 0 Å². The van der Waals surface area contributed by atoms with Gasteiger partial charge in [-0.15, -0.1) is 0 Å². The van der Waals surface area contributed by atoms with Crippen LogP contribution in [0.5, 0.6) is 0 Å². The number of β-amino-alcohol motifs (C(OH)–C–C–N with tert-alkyl or cyclic N) is 1. The van der Waals surface area contributed by atoms with Crippen molar-refractivity contribution in [3.8, 4) is 0 Å². The average molecular weight is 299 g/mol. The van der Waals surface area contributed by atoms with E-state index in [9.17, 15) is 9.90 Å². The van der Waals surface area contributed by atoms with Crippen LogP contribution in [0.2, 0.25) is 0 Å². The van der Waals surface area contributed by atoms with E-state index in [1.807, 2.05) is 0 Å². The molecule has 21 heavy (non-hydrogen) atoms. The van der Waals surface area contributed by atoms with Crippen LogP contribution in [0.4, 0.5) is 0 Å². The maximum absolute atomic E-state index is 12.1. The summed E-state index contributed by atoms with van der Waals surface area (Å²) in [5, 5.41) is 10.2. The molecule has 0 aromatic carbocycles. The predicted molar refractivity (Wildman–Crippen MR) is 86.2 cm³/mol. The zero-order chi connectivity index (χ0) is 16.0. The van der Waals surface area contributed by atoms with Gasteiger partial charge < -0.3 is 14.9 Å². The zero-order valence-electron chi connectivity index (χ0n) is 14.4. The van der Waals surface area contributed by atoms with Gasteiger partial charge in [0, 0.05) is 52.7 Å². The molecule has 1 aliphatic rings. The highest BCUT2D eigenvalue weighted by Crippen LogP contribution is 2.15. The van der Waals surface area contributed by atoms with Crippen LogP contribution >= 0.6 is 0 Å². The van der Waals surface area contributed by atoms with Gasteiger partial charge in [-0.25, -0.2) is 0 Å². The fourth-order valence-corrected chi connectivity index (χ4v) is 2.47. The normalized spacial score (nSPS) is 20.5. The number of aliphatic hydroxyl groups excluding tert-OH is 1. The highest BCUT2D eigenvalue weighted by molar-refractivity contribution is 5.76. The minimum absolute atomic E-state index is 0.133. The van der Waals surface area contributed by atoms with E-state index in [1.165, 1.54) is 0 Å². The second-order valence-electron chi connectivity index (χ2n) is 6.96. The van der Waals surface area contributed by atoms with E-state index in [0.29, 0.717) is 31.3 Å². The Balaban J connectivity index is 2.29. The Labute approximate surface area is 129 Å². The number of likely N-dealkylation sites (N-methyl/N-ethyl adjacent to an activating group) is 2. The van der Waals surface area contributed by atoms with Gasteiger partial charge in [0.15, 0.2) is 0 Å². The summed E-state index contributed by atoms with van der Waals surface area (Å²) in [6.45, 7) is 11.6. The summed E-state index contributed by atoms with van der Waals surface area (Å²) in [5.41, 5.74) is 0. The Morgan fingerprint density at radius 3 is 2.29 bits per heavy atom. The summed E-state index contributed by atoms with van der Waals surface area (Å²) in [4.78, 5) is 18.4. The molecule has 0 radical (unpaired) electrons. The number of hydrogen-bond acceptors (Lipinski definition) is 4. The van der Waals surface area contributed by atoms with Crippen molar-refractivity contribution in [1.82, 2.24) is 14.7 Å². The van der Waals surface area contributed by atoms with Gasteiger partial charge in [0.25, 0.3) is 0 Å². The van der Waals surface area contributed by atoms with Gasteiger partial charge in [0.2, 0.25) is 5.91 Å². The van der Waals surface area contributed by atoms with Gasteiger partial charge in [-0.1, -0.05) is 20.8 Å². The molecule has 0 saturated carbocycles. The molecule has 1 rings (SSSR count). The highest BCUT2D eigenvalue weighted by atomic mass is 16.3. The fourth-order valence-electron chi connectivity index (χ4n) is 2.47. The van der Waals surface area contributed by atoms with Crippen LogP contribution in [0.15, 0.2) is 0 Å². The van der Waals surface area contributed by atoms with Crippen molar-refractivity contribution in [3.63, 3.8) is 0 Å². The van der Waals surface area contributed by atoms with E-state index in [1.54, 1.807) is 11.9 Å². The van der Waals surface area contributed by atoms with Gasteiger partial charge in [0.1, 0.15) is 0 Å². The Bertz CT molecular complexity index is 315. The molecular formula is C16H33N3O2. The van der Waals surface area contributed by atoms with Crippen LogP contribution in [0, 0.1) is 11.8 Å². The maximum atomic E-state index is 12.1. The lowest BCUT2D eigenvalue weighted by molar-refractivity contribution is -0.132. The highest BCUT2D eigenvalue weighted by Gasteiger charge is 2.21. The zero-order valence-corrected chi connectivity index (χ0v) is 14.4. The molecule has 1 N–H and O–H groups in total. The Hall–Kier alpha value is -0.650. The number of nitrogens with zero attached hydrogens (tertiary/aromatic N) is 3. The summed E-state index contributed by atoms with van der Waals surface area (Å²) >= 11 is 0. The van der Waals surface area contributed by atoms with Gasteiger partial charge in [0.05, 0.1) is 6.10 Å². The monoisotopic (exact) mass is 299 g/mol. The summed E-state index contributed by atoms with van der Waals surface area (Å²) in [5.74, 6) is 1.03. The largest absolute Gasteiger partial charge is 0.390 e. The van der Waals surface area contributed by atoms with Gasteiger partial charge in [-0.05, 0) is 18.9 Å². The van der Waals surface area contributed by atoms with E-state index in [4.69, 9.17) is 0 Å². The number of amides is 1. The summed E-state index contributed by atoms with van der Waals surface area (Å²) in [6, 6.07) is 0. The van der Waals surface area contributed by atoms with Crippen molar-refractivity contribution in [2.45, 2.75) is 33.3 Å². The molecule has 0 aromatic rings. The molecule has 0 aliphatic carbocycles. The van der Waals surface area contributed by atoms with E-state index in [-0.39, 0.29) is 5.91 Å². The lowest BCUT2D eigenvalue weighted by atomic mass is 9.94. The average Bonchev–Trinajstić information content (AvgIpc) is 2.40. The molecule has 1 heterocycles. The number of carbonyl (C=O) groups excluding carboxylic acids is 1. The first kappa shape index (κ1) is 18.4. The Morgan fingerprint density at radius 2 is 1.76 bits per heavy atom.